The lowest BCUT2D eigenvalue weighted by Gasteiger charge is -2.36. The number of halogens is 1. The van der Waals surface area contributed by atoms with Crippen LogP contribution in [0.3, 0.4) is 0 Å². The first-order valence-electron chi connectivity index (χ1n) is 10.9. The van der Waals surface area contributed by atoms with Crippen LogP contribution in [0.2, 0.25) is 0 Å². The number of aromatic amines is 1. The van der Waals surface area contributed by atoms with Crippen LogP contribution in [0.15, 0.2) is 29.1 Å². The van der Waals surface area contributed by atoms with E-state index in [4.69, 9.17) is 4.98 Å². The third-order valence-corrected chi connectivity index (χ3v) is 7.00. The molecule has 1 saturated carbocycles. The summed E-state index contributed by atoms with van der Waals surface area (Å²) in [6.45, 7) is 4.95. The summed E-state index contributed by atoms with van der Waals surface area (Å²) >= 11 is 0. The van der Waals surface area contributed by atoms with Crippen molar-refractivity contribution >= 4 is 5.69 Å². The topological polar surface area (TPSA) is 52.2 Å². The number of aryl methyl sites for hydroxylation is 2. The first kappa shape index (κ1) is 18.8. The third kappa shape index (κ3) is 4.08. The fraction of sp³-hybridized carbons (Fsp3) is 0.565. The van der Waals surface area contributed by atoms with E-state index < -0.39 is 0 Å². The summed E-state index contributed by atoms with van der Waals surface area (Å²) in [5.74, 6) is 0.665. The Morgan fingerprint density at radius 2 is 1.83 bits per heavy atom. The molecule has 0 radical (unpaired) electrons. The number of aromatic nitrogens is 2. The average Bonchev–Trinajstić information content (AvgIpc) is 3.49. The zero-order valence-electron chi connectivity index (χ0n) is 16.9. The Labute approximate surface area is 171 Å². The number of nitrogens with zero attached hydrogens (tertiary/aromatic N) is 3. The van der Waals surface area contributed by atoms with Gasteiger partial charge in [0.2, 0.25) is 0 Å². The second-order valence-electron chi connectivity index (χ2n) is 9.02. The van der Waals surface area contributed by atoms with Gasteiger partial charge in [-0.15, -0.1) is 0 Å². The molecule has 1 aliphatic heterocycles. The van der Waals surface area contributed by atoms with Gasteiger partial charge in [0.05, 0.1) is 5.69 Å². The van der Waals surface area contributed by atoms with E-state index in [0.717, 1.165) is 81.2 Å². The molecule has 0 amide bonds. The van der Waals surface area contributed by atoms with Crippen LogP contribution < -0.4 is 10.5 Å². The second kappa shape index (κ2) is 7.56. The van der Waals surface area contributed by atoms with Gasteiger partial charge in [-0.05, 0) is 74.8 Å². The van der Waals surface area contributed by atoms with Crippen molar-refractivity contribution in [1.29, 1.82) is 0 Å². The van der Waals surface area contributed by atoms with E-state index in [9.17, 15) is 9.18 Å². The van der Waals surface area contributed by atoms with Gasteiger partial charge in [0.25, 0.3) is 5.56 Å². The molecule has 2 aliphatic carbocycles. The highest BCUT2D eigenvalue weighted by Gasteiger charge is 2.45. The third-order valence-electron chi connectivity index (χ3n) is 7.00. The quantitative estimate of drug-likeness (QED) is 0.844. The van der Waals surface area contributed by atoms with Gasteiger partial charge in [0.1, 0.15) is 11.6 Å². The van der Waals surface area contributed by atoms with Crippen molar-refractivity contribution < 1.29 is 4.39 Å². The van der Waals surface area contributed by atoms with Gasteiger partial charge in [-0.25, -0.2) is 9.37 Å². The molecule has 29 heavy (non-hydrogen) atoms. The first-order valence-corrected chi connectivity index (χ1v) is 10.9. The zero-order chi connectivity index (χ0) is 19.8. The molecule has 0 bridgehead atoms. The summed E-state index contributed by atoms with van der Waals surface area (Å²) in [5, 5.41) is 0. The maximum absolute atomic E-state index is 13.1. The van der Waals surface area contributed by atoms with Gasteiger partial charge in [-0.3, -0.25) is 9.69 Å². The van der Waals surface area contributed by atoms with Crippen molar-refractivity contribution in [2.75, 3.05) is 37.6 Å². The van der Waals surface area contributed by atoms with Crippen molar-refractivity contribution in [3.05, 3.63) is 57.5 Å². The molecule has 2 heterocycles. The average molecular weight is 397 g/mol. The zero-order valence-corrected chi connectivity index (χ0v) is 16.9. The summed E-state index contributed by atoms with van der Waals surface area (Å²) in [6.07, 6.45) is 7.49. The van der Waals surface area contributed by atoms with E-state index in [0.29, 0.717) is 5.41 Å². The highest BCUT2D eigenvalue weighted by atomic mass is 19.1. The SMILES string of the molecule is O=c1[nH]c(CCCN2CCN(c3ccc(F)cc3)CC2)nc2c1CC1(CC2)CC1. The summed E-state index contributed by atoms with van der Waals surface area (Å²) in [7, 11) is 0. The van der Waals surface area contributed by atoms with Crippen molar-refractivity contribution in [2.24, 2.45) is 5.41 Å². The van der Waals surface area contributed by atoms with Gasteiger partial charge in [0.15, 0.2) is 0 Å². The highest BCUT2D eigenvalue weighted by molar-refractivity contribution is 5.46. The lowest BCUT2D eigenvalue weighted by molar-refractivity contribution is 0.254. The van der Waals surface area contributed by atoms with Crippen LogP contribution in [0.25, 0.3) is 0 Å². The molecular weight excluding hydrogens is 367 g/mol. The van der Waals surface area contributed by atoms with Crippen LogP contribution in [-0.4, -0.2) is 47.6 Å². The molecule has 1 saturated heterocycles. The van der Waals surface area contributed by atoms with Gasteiger partial charge in [0, 0.05) is 43.9 Å². The molecule has 1 spiro atoms. The van der Waals surface area contributed by atoms with E-state index in [-0.39, 0.29) is 11.4 Å². The molecule has 3 aliphatic rings. The maximum Gasteiger partial charge on any atom is 0.254 e. The maximum atomic E-state index is 13.1. The number of nitrogens with one attached hydrogen (secondary N) is 1. The van der Waals surface area contributed by atoms with Crippen LogP contribution in [0, 0.1) is 11.2 Å². The Bertz CT molecular complexity index is 927. The van der Waals surface area contributed by atoms with Gasteiger partial charge >= 0.3 is 0 Å². The highest BCUT2D eigenvalue weighted by Crippen LogP contribution is 2.53. The number of fused-ring (bicyclic) bond motifs is 1. The van der Waals surface area contributed by atoms with Crippen LogP contribution in [0.4, 0.5) is 10.1 Å². The molecule has 1 aromatic heterocycles. The van der Waals surface area contributed by atoms with Crippen LogP contribution in [0.1, 0.15) is 42.8 Å². The monoisotopic (exact) mass is 396 g/mol. The van der Waals surface area contributed by atoms with E-state index >= 15 is 0 Å². The largest absolute Gasteiger partial charge is 0.369 e. The first-order chi connectivity index (χ1) is 14.1. The summed E-state index contributed by atoms with van der Waals surface area (Å²) in [5.41, 5.74) is 3.64. The minimum atomic E-state index is -0.187. The molecule has 0 unspecified atom stereocenters. The molecule has 1 aromatic carbocycles. The standard InChI is InChI=1S/C23H29FN4O/c24-17-3-5-18(6-4-17)28-14-12-27(13-15-28)11-1-2-21-25-20-7-8-23(9-10-23)16-19(20)22(29)26-21/h3-6H,1-2,7-16H2,(H,25,26,29). The van der Waals surface area contributed by atoms with Crippen LogP contribution in [-0.2, 0) is 19.3 Å². The molecule has 2 fully saturated rings. The molecule has 6 heteroatoms. The van der Waals surface area contributed by atoms with Crippen molar-refractivity contribution in [2.45, 2.75) is 44.9 Å². The lowest BCUT2D eigenvalue weighted by Crippen LogP contribution is -2.46. The number of anilines is 1. The van der Waals surface area contributed by atoms with Crippen molar-refractivity contribution in [3.63, 3.8) is 0 Å². The Kier molecular flexibility index (Phi) is 4.90. The number of benzene rings is 1. The number of hydrogen-bond acceptors (Lipinski definition) is 4. The lowest BCUT2D eigenvalue weighted by atomic mass is 9.84. The molecule has 2 aromatic rings. The van der Waals surface area contributed by atoms with Gasteiger partial charge in [-0.2, -0.15) is 0 Å². The van der Waals surface area contributed by atoms with Crippen molar-refractivity contribution in [1.82, 2.24) is 14.9 Å². The van der Waals surface area contributed by atoms with Crippen LogP contribution >= 0.6 is 0 Å². The van der Waals surface area contributed by atoms with E-state index in [1.165, 1.54) is 31.4 Å². The molecule has 1 N–H and O–H groups in total. The number of hydrogen-bond donors (Lipinski definition) is 1. The Morgan fingerprint density at radius 1 is 1.07 bits per heavy atom. The summed E-state index contributed by atoms with van der Waals surface area (Å²) in [4.78, 5) is 25.1. The minimum Gasteiger partial charge on any atom is -0.369 e. The Balaban J connectivity index is 1.11. The smallest absolute Gasteiger partial charge is 0.254 e. The molecule has 154 valence electrons. The van der Waals surface area contributed by atoms with E-state index in [2.05, 4.69) is 14.8 Å². The van der Waals surface area contributed by atoms with E-state index in [1.807, 2.05) is 12.1 Å². The van der Waals surface area contributed by atoms with Gasteiger partial charge < -0.3 is 9.88 Å². The predicted molar refractivity (Wildman–Crippen MR) is 112 cm³/mol. The predicted octanol–water partition coefficient (Wildman–Crippen LogP) is 2.93. The van der Waals surface area contributed by atoms with Crippen molar-refractivity contribution in [3.8, 4) is 0 Å². The normalized spacial score (nSPS) is 20.7. The minimum absolute atomic E-state index is 0.101. The Morgan fingerprint density at radius 3 is 2.55 bits per heavy atom. The Hall–Kier alpha value is -2.21. The number of piperazine rings is 1. The van der Waals surface area contributed by atoms with Crippen LogP contribution in [0.5, 0.6) is 0 Å². The number of rotatable bonds is 5. The summed E-state index contributed by atoms with van der Waals surface area (Å²) < 4.78 is 13.1. The van der Waals surface area contributed by atoms with Gasteiger partial charge in [-0.1, -0.05) is 0 Å². The fourth-order valence-corrected chi connectivity index (χ4v) is 4.91. The summed E-state index contributed by atoms with van der Waals surface area (Å²) in [6, 6.07) is 6.76. The number of H-pyrrole nitrogens is 1. The molecular formula is C23H29FN4O. The molecule has 5 rings (SSSR count). The second-order valence-corrected chi connectivity index (χ2v) is 9.02. The van der Waals surface area contributed by atoms with E-state index in [1.54, 1.807) is 0 Å². The molecule has 5 nitrogen and oxygen atoms in total. The fourth-order valence-electron chi connectivity index (χ4n) is 4.91. The molecule has 0 atom stereocenters.